The number of likely N-dealkylation sites (N-methyl/N-ethyl adjacent to an activating group) is 1. The van der Waals surface area contributed by atoms with E-state index in [4.69, 9.17) is 4.74 Å². The van der Waals surface area contributed by atoms with E-state index >= 15 is 0 Å². The highest BCUT2D eigenvalue weighted by atomic mass is 32.2. The lowest BCUT2D eigenvalue weighted by molar-refractivity contribution is -0.128. The van der Waals surface area contributed by atoms with E-state index in [1.807, 2.05) is 69.3 Å². The van der Waals surface area contributed by atoms with Gasteiger partial charge in [0.25, 0.3) is 0 Å². The molecule has 1 heterocycles. The molecule has 45 heavy (non-hydrogen) atoms. The van der Waals surface area contributed by atoms with Crippen molar-refractivity contribution in [2.45, 2.75) is 77.2 Å². The first-order valence-corrected chi connectivity index (χ1v) is 16.4. The number of aliphatic hydroxyl groups excluding tert-OH is 1. The summed E-state index contributed by atoms with van der Waals surface area (Å²) >= 11 is 0. The quantitative estimate of drug-likeness (QED) is 0.261. The van der Waals surface area contributed by atoms with E-state index in [0.29, 0.717) is 31.7 Å². The van der Waals surface area contributed by atoms with Gasteiger partial charge in [0.05, 0.1) is 30.7 Å². The van der Waals surface area contributed by atoms with Crippen molar-refractivity contribution in [3.05, 3.63) is 77.4 Å². The number of β-amino-alcohol motifs (C(OH)–C–C–N with tert-alkyl or cyclic N) is 1. The van der Waals surface area contributed by atoms with Crippen LogP contribution in [0.25, 0.3) is 5.57 Å². The molecule has 4 N–H and O–H groups in total. The molecule has 0 saturated carbocycles. The summed E-state index contributed by atoms with van der Waals surface area (Å²) in [5.41, 5.74) is 3.76. The number of methoxy groups -OCH3 is 1. The lowest BCUT2D eigenvalue weighted by Crippen LogP contribution is -2.51. The molecule has 1 unspecified atom stereocenters. The molecule has 3 atom stereocenters. The van der Waals surface area contributed by atoms with Crippen molar-refractivity contribution in [3.8, 4) is 5.75 Å². The van der Waals surface area contributed by atoms with Crippen LogP contribution in [0.1, 0.15) is 57.2 Å². The molecule has 4 rings (SSSR count). The summed E-state index contributed by atoms with van der Waals surface area (Å²) in [6.45, 7) is 8.63. The van der Waals surface area contributed by atoms with E-state index < -0.39 is 34.0 Å². The van der Waals surface area contributed by atoms with Crippen LogP contribution in [0.15, 0.2) is 60.7 Å². The Hall–Kier alpha value is -3.77. The fourth-order valence-electron chi connectivity index (χ4n) is 5.72. The fraction of sp³-hybridized carbons (Fsp3) is 0.441. The van der Waals surface area contributed by atoms with Crippen LogP contribution in [-0.4, -0.2) is 74.1 Å². The molecule has 2 aromatic rings. The van der Waals surface area contributed by atoms with Crippen LogP contribution < -0.4 is 25.6 Å². The number of fused-ring (bicyclic) bond motifs is 1. The van der Waals surface area contributed by atoms with Crippen molar-refractivity contribution < 1.29 is 27.9 Å². The summed E-state index contributed by atoms with van der Waals surface area (Å²) in [4.78, 5) is 29.2. The summed E-state index contributed by atoms with van der Waals surface area (Å²) in [5.74, 6) is 0.249. The van der Waals surface area contributed by atoms with Gasteiger partial charge in [-0.25, -0.2) is 0 Å². The number of aryl methyl sites for hydroxylation is 1. The molecule has 1 aliphatic carbocycles. The molecular weight excluding hydrogens is 592 g/mol. The minimum absolute atomic E-state index is 0.143. The molecule has 1 aliphatic heterocycles. The number of carbonyl (C=O) groups excluding carboxylic acids is 2. The van der Waals surface area contributed by atoms with Crippen LogP contribution in [0.3, 0.4) is 0 Å². The summed E-state index contributed by atoms with van der Waals surface area (Å²) in [7, 11) is -0.750. The normalized spacial score (nSPS) is 19.0. The summed E-state index contributed by atoms with van der Waals surface area (Å²) < 4.78 is 29.2. The molecule has 0 radical (unpaired) electrons. The molecule has 10 nitrogen and oxygen atoms in total. The van der Waals surface area contributed by atoms with Crippen molar-refractivity contribution in [2.24, 2.45) is 0 Å². The Balaban J connectivity index is 1.58. The fourth-order valence-corrected chi connectivity index (χ4v) is 6.31. The van der Waals surface area contributed by atoms with E-state index in [-0.39, 0.29) is 29.6 Å². The van der Waals surface area contributed by atoms with Gasteiger partial charge in [-0.15, -0.1) is 0 Å². The Labute approximate surface area is 267 Å². The van der Waals surface area contributed by atoms with Crippen molar-refractivity contribution in [1.29, 1.82) is 0 Å². The van der Waals surface area contributed by atoms with Crippen LogP contribution in [0.4, 0.5) is 5.69 Å². The first kappa shape index (κ1) is 34.1. The predicted molar refractivity (Wildman–Crippen MR) is 178 cm³/mol. The Bertz CT molecular complexity index is 1590. The van der Waals surface area contributed by atoms with Gasteiger partial charge in [0, 0.05) is 24.2 Å². The Morgan fingerprint density at radius 1 is 1.18 bits per heavy atom. The monoisotopic (exact) mass is 636 g/mol. The number of aliphatic hydroxyl groups is 1. The van der Waals surface area contributed by atoms with Crippen molar-refractivity contribution in [2.75, 3.05) is 25.1 Å². The lowest BCUT2D eigenvalue weighted by atomic mass is 9.91. The van der Waals surface area contributed by atoms with Crippen LogP contribution in [0, 0.1) is 0 Å². The summed E-state index contributed by atoms with van der Waals surface area (Å²) in [6.07, 6.45) is 5.87. The Morgan fingerprint density at radius 2 is 1.91 bits per heavy atom. The number of nitrogens with one attached hydrogen (secondary N) is 3. The molecule has 0 saturated heterocycles. The highest BCUT2D eigenvalue weighted by Crippen LogP contribution is 2.32. The molecule has 0 aromatic heterocycles. The third kappa shape index (κ3) is 8.70. The number of ether oxygens (including phenoxy) is 1. The molecule has 0 fully saturated rings. The molecule has 0 spiro atoms. The van der Waals surface area contributed by atoms with E-state index in [1.54, 1.807) is 31.1 Å². The summed E-state index contributed by atoms with van der Waals surface area (Å²) in [6, 6.07) is 12.2. The highest BCUT2D eigenvalue weighted by Gasteiger charge is 2.33. The topological polar surface area (TPSA) is 137 Å². The standard InChI is InChI=1S/C34H44N4O6S/c1-6-35-32-27(8-7-9-30(32)45(42)43)24-12-10-23(11-13-24)21-38-29-17-15-26(44-5)18-25(29)14-16-28(33(38)41)37-31(40)19-34(3,4)36-20-22(2)39/h7-13,15,17-18,22,28,32,35-36,39H,6,14,16,19-21H2,1-5H3,(H,37,40)/t22-,28-,32?/m1/s1. The van der Waals surface area contributed by atoms with Crippen LogP contribution in [0.5, 0.6) is 5.75 Å². The number of amides is 2. The molecule has 2 aromatic carbocycles. The Morgan fingerprint density at radius 3 is 2.56 bits per heavy atom. The minimum Gasteiger partial charge on any atom is -0.497 e. The number of carbonyl (C=O) groups is 2. The van der Waals surface area contributed by atoms with Crippen molar-refractivity contribution >= 4 is 38.2 Å². The van der Waals surface area contributed by atoms with Gasteiger partial charge >= 0.3 is 0 Å². The number of hydrogen-bond donors (Lipinski definition) is 4. The zero-order valence-corrected chi connectivity index (χ0v) is 27.4. The third-order valence-corrected chi connectivity index (χ3v) is 8.77. The second-order valence-electron chi connectivity index (χ2n) is 12.2. The molecule has 0 bridgehead atoms. The number of benzene rings is 2. The van der Waals surface area contributed by atoms with Gasteiger partial charge in [-0.05, 0) is 86.7 Å². The summed E-state index contributed by atoms with van der Waals surface area (Å²) in [5, 5.41) is 19.1. The molecule has 2 aliphatic rings. The number of anilines is 1. The number of rotatable bonds is 12. The lowest BCUT2D eigenvalue weighted by Gasteiger charge is -2.29. The van der Waals surface area contributed by atoms with Gasteiger partial charge in [0.2, 0.25) is 22.1 Å². The van der Waals surface area contributed by atoms with Crippen molar-refractivity contribution in [3.63, 3.8) is 0 Å². The van der Waals surface area contributed by atoms with E-state index in [0.717, 1.165) is 28.0 Å². The van der Waals surface area contributed by atoms with Gasteiger partial charge in [-0.2, -0.15) is 8.42 Å². The van der Waals surface area contributed by atoms with Crippen LogP contribution in [-0.2, 0) is 32.8 Å². The van der Waals surface area contributed by atoms with Gasteiger partial charge in [0.1, 0.15) is 11.8 Å². The van der Waals surface area contributed by atoms with Gasteiger partial charge in [-0.1, -0.05) is 43.3 Å². The SMILES string of the molecule is CCNC1C(c2ccc(CN3C(=O)[C@H](NC(=O)CC(C)(C)NC[C@@H](C)O)CCc4cc(OC)ccc43)cc2)=CC=CC1=S(=O)=O. The molecule has 11 heteroatoms. The first-order chi connectivity index (χ1) is 21.4. The second-order valence-corrected chi connectivity index (χ2v) is 13.1. The average Bonchev–Trinajstić information content (AvgIpc) is 3.12. The zero-order valence-electron chi connectivity index (χ0n) is 26.6. The van der Waals surface area contributed by atoms with Crippen LogP contribution in [0.2, 0.25) is 0 Å². The second kappa shape index (κ2) is 15.0. The predicted octanol–water partition coefficient (Wildman–Crippen LogP) is 2.78. The average molecular weight is 637 g/mol. The maximum atomic E-state index is 14.1. The maximum absolute atomic E-state index is 14.1. The van der Waals surface area contributed by atoms with Gasteiger partial charge in [0.15, 0.2) is 0 Å². The number of allylic oxidation sites excluding steroid dienone is 2. The van der Waals surface area contributed by atoms with Gasteiger partial charge < -0.3 is 30.7 Å². The van der Waals surface area contributed by atoms with E-state index in [2.05, 4.69) is 16.0 Å². The van der Waals surface area contributed by atoms with E-state index in [1.165, 1.54) is 0 Å². The van der Waals surface area contributed by atoms with Gasteiger partial charge in [-0.3, -0.25) is 9.59 Å². The first-order valence-electron chi connectivity index (χ1n) is 15.3. The highest BCUT2D eigenvalue weighted by molar-refractivity contribution is 7.73. The number of nitrogens with zero attached hydrogens (tertiary/aromatic N) is 1. The zero-order chi connectivity index (χ0) is 32.7. The number of hydrogen-bond acceptors (Lipinski definition) is 8. The maximum Gasteiger partial charge on any atom is 0.249 e. The smallest absolute Gasteiger partial charge is 0.249 e. The minimum atomic E-state index is -2.35. The third-order valence-electron chi connectivity index (χ3n) is 8.02. The molecule has 2 amide bonds. The largest absolute Gasteiger partial charge is 0.497 e. The van der Waals surface area contributed by atoms with E-state index in [9.17, 15) is 23.1 Å². The van der Waals surface area contributed by atoms with Crippen molar-refractivity contribution in [1.82, 2.24) is 16.0 Å². The molecular formula is C34H44N4O6S. The molecule has 242 valence electrons. The Kier molecular flexibility index (Phi) is 11.4. The van der Waals surface area contributed by atoms with Crippen LogP contribution >= 0.6 is 0 Å².